The van der Waals surface area contributed by atoms with Crippen LogP contribution in [-0.4, -0.2) is 23.3 Å². The van der Waals surface area contributed by atoms with Crippen molar-refractivity contribution in [3.63, 3.8) is 0 Å². The molecule has 44 valence electrons. The van der Waals surface area contributed by atoms with Crippen molar-refractivity contribution < 1.29 is 9.84 Å². The van der Waals surface area contributed by atoms with E-state index in [0.717, 1.165) is 0 Å². The lowest BCUT2D eigenvalue weighted by Gasteiger charge is -2.16. The molecule has 1 N–H and O–H groups in total. The van der Waals surface area contributed by atoms with E-state index in [1.165, 1.54) is 7.11 Å². The highest BCUT2D eigenvalue weighted by atomic mass is 79.9. The topological polar surface area (TPSA) is 29.5 Å². The predicted molar refractivity (Wildman–Crippen MR) is 31.4 cm³/mol. The summed E-state index contributed by atoms with van der Waals surface area (Å²) in [5.74, 6) is -1.00. The number of methoxy groups -OCH3 is 1. The maximum absolute atomic E-state index is 8.86. The molecule has 0 aromatic heterocycles. The number of ether oxygens (including phenoxy) is 1. The first kappa shape index (κ1) is 7.40. The molecule has 0 fully saturated rings. The van der Waals surface area contributed by atoms with Crippen LogP contribution in [0.2, 0.25) is 0 Å². The van der Waals surface area contributed by atoms with Gasteiger partial charge in [0.2, 0.25) is 0 Å². The van der Waals surface area contributed by atoms with Crippen molar-refractivity contribution in [2.75, 3.05) is 12.4 Å². The van der Waals surface area contributed by atoms with Gasteiger partial charge in [-0.15, -0.1) is 0 Å². The molecule has 0 aromatic rings. The summed E-state index contributed by atoms with van der Waals surface area (Å²) in [5, 5.41) is 9.30. The number of hydrogen-bond donors (Lipinski definition) is 1. The van der Waals surface area contributed by atoms with Gasteiger partial charge >= 0.3 is 0 Å². The van der Waals surface area contributed by atoms with Crippen LogP contribution >= 0.6 is 15.9 Å². The molecule has 0 heterocycles. The molecule has 0 radical (unpaired) electrons. The Hall–Kier alpha value is 0.400. The number of aliphatic hydroxyl groups is 1. The zero-order valence-electron chi connectivity index (χ0n) is 4.44. The van der Waals surface area contributed by atoms with E-state index in [4.69, 9.17) is 5.11 Å². The minimum Gasteiger partial charge on any atom is -0.365 e. The van der Waals surface area contributed by atoms with E-state index in [0.29, 0.717) is 5.33 Å². The van der Waals surface area contributed by atoms with Crippen molar-refractivity contribution in [3.05, 3.63) is 0 Å². The van der Waals surface area contributed by atoms with E-state index >= 15 is 0 Å². The lowest BCUT2D eigenvalue weighted by molar-refractivity contribution is -0.150. The van der Waals surface area contributed by atoms with Crippen LogP contribution in [0.25, 0.3) is 0 Å². The summed E-state index contributed by atoms with van der Waals surface area (Å²) >= 11 is 3.06. The Morgan fingerprint density at radius 2 is 2.29 bits per heavy atom. The average Bonchev–Trinajstić information content (AvgIpc) is 1.68. The van der Waals surface area contributed by atoms with Gasteiger partial charge in [0.05, 0.1) is 5.33 Å². The standard InChI is InChI=1S/C4H9BrO2/c1-4(6,3-5)7-2/h6H,3H2,1-2H3. The Bertz CT molecular complexity index is 47.7. The molecule has 1 unspecified atom stereocenters. The second-order valence-corrected chi connectivity index (χ2v) is 2.07. The van der Waals surface area contributed by atoms with E-state index in [9.17, 15) is 0 Å². The van der Waals surface area contributed by atoms with Crippen molar-refractivity contribution >= 4 is 15.9 Å². The summed E-state index contributed by atoms with van der Waals surface area (Å²) in [6.07, 6.45) is 0. The fraction of sp³-hybridized carbons (Fsp3) is 1.00. The molecular weight excluding hydrogens is 160 g/mol. The van der Waals surface area contributed by atoms with Crippen LogP contribution in [-0.2, 0) is 4.74 Å². The largest absolute Gasteiger partial charge is 0.365 e. The molecule has 3 heteroatoms. The van der Waals surface area contributed by atoms with Gasteiger partial charge < -0.3 is 9.84 Å². The Labute approximate surface area is 51.6 Å². The van der Waals surface area contributed by atoms with Gasteiger partial charge in [-0.2, -0.15) is 0 Å². The first-order chi connectivity index (χ1) is 3.12. The molecule has 0 saturated carbocycles. The second-order valence-electron chi connectivity index (χ2n) is 1.51. The Balaban J connectivity index is 3.36. The number of rotatable bonds is 2. The molecule has 0 bridgehead atoms. The highest BCUT2D eigenvalue weighted by Crippen LogP contribution is 2.05. The maximum atomic E-state index is 8.86. The highest BCUT2D eigenvalue weighted by Gasteiger charge is 2.14. The summed E-state index contributed by atoms with van der Waals surface area (Å²) in [6, 6.07) is 0. The summed E-state index contributed by atoms with van der Waals surface area (Å²) in [7, 11) is 1.46. The first-order valence-electron chi connectivity index (χ1n) is 1.96. The molecule has 0 aliphatic heterocycles. The van der Waals surface area contributed by atoms with Crippen LogP contribution in [0.1, 0.15) is 6.92 Å². The molecule has 7 heavy (non-hydrogen) atoms. The molecule has 0 saturated heterocycles. The minimum absolute atomic E-state index is 0.441. The van der Waals surface area contributed by atoms with Gasteiger partial charge in [-0.05, 0) is 6.92 Å². The lowest BCUT2D eigenvalue weighted by atomic mass is 10.4. The van der Waals surface area contributed by atoms with Gasteiger partial charge in [0.1, 0.15) is 0 Å². The lowest BCUT2D eigenvalue weighted by Crippen LogP contribution is -2.27. The quantitative estimate of drug-likeness (QED) is 0.487. The Morgan fingerprint density at radius 1 is 1.86 bits per heavy atom. The van der Waals surface area contributed by atoms with E-state index in [1.54, 1.807) is 6.92 Å². The van der Waals surface area contributed by atoms with Crippen LogP contribution in [0.15, 0.2) is 0 Å². The zero-order valence-corrected chi connectivity index (χ0v) is 6.03. The molecular formula is C4H9BrO2. The van der Waals surface area contributed by atoms with E-state index < -0.39 is 5.79 Å². The van der Waals surface area contributed by atoms with E-state index in [-0.39, 0.29) is 0 Å². The number of halogens is 1. The molecule has 0 rings (SSSR count). The fourth-order valence-corrected chi connectivity index (χ4v) is 0.283. The van der Waals surface area contributed by atoms with Crippen molar-refractivity contribution in [2.45, 2.75) is 12.7 Å². The number of alkyl halides is 1. The Kier molecular flexibility index (Phi) is 2.80. The number of hydrogen-bond acceptors (Lipinski definition) is 2. The third-order valence-electron chi connectivity index (χ3n) is 0.688. The zero-order chi connectivity index (χ0) is 5.91. The van der Waals surface area contributed by atoms with Crippen molar-refractivity contribution in [2.24, 2.45) is 0 Å². The monoisotopic (exact) mass is 168 g/mol. The van der Waals surface area contributed by atoms with Gasteiger partial charge in [0, 0.05) is 7.11 Å². The molecule has 0 aromatic carbocycles. The SMILES string of the molecule is COC(C)(O)CBr. The van der Waals surface area contributed by atoms with Gasteiger partial charge in [0.25, 0.3) is 0 Å². The summed E-state index contributed by atoms with van der Waals surface area (Å²) in [4.78, 5) is 0. The van der Waals surface area contributed by atoms with Crippen LogP contribution in [0.4, 0.5) is 0 Å². The van der Waals surface area contributed by atoms with Crippen LogP contribution in [0.3, 0.4) is 0 Å². The van der Waals surface area contributed by atoms with Crippen LogP contribution in [0, 0.1) is 0 Å². The van der Waals surface area contributed by atoms with Crippen LogP contribution < -0.4 is 0 Å². The van der Waals surface area contributed by atoms with Gasteiger partial charge in [-0.1, -0.05) is 15.9 Å². The fourth-order valence-electron chi connectivity index (χ4n) is 0.0546. The molecule has 0 spiro atoms. The smallest absolute Gasteiger partial charge is 0.171 e. The first-order valence-corrected chi connectivity index (χ1v) is 3.08. The Morgan fingerprint density at radius 3 is 2.29 bits per heavy atom. The molecule has 0 aliphatic rings. The minimum atomic E-state index is -1.00. The summed E-state index contributed by atoms with van der Waals surface area (Å²) < 4.78 is 4.60. The van der Waals surface area contributed by atoms with Gasteiger partial charge in [-0.25, -0.2) is 0 Å². The van der Waals surface area contributed by atoms with Crippen LogP contribution in [0.5, 0.6) is 0 Å². The summed E-state index contributed by atoms with van der Waals surface area (Å²) in [5.41, 5.74) is 0. The molecule has 0 amide bonds. The van der Waals surface area contributed by atoms with E-state index in [2.05, 4.69) is 20.7 Å². The van der Waals surface area contributed by atoms with Gasteiger partial charge in [-0.3, -0.25) is 0 Å². The van der Waals surface area contributed by atoms with Crippen molar-refractivity contribution in [3.8, 4) is 0 Å². The summed E-state index contributed by atoms with van der Waals surface area (Å²) in [6.45, 7) is 1.59. The molecule has 2 nitrogen and oxygen atoms in total. The molecule has 1 atom stereocenters. The van der Waals surface area contributed by atoms with Crippen molar-refractivity contribution in [1.82, 2.24) is 0 Å². The van der Waals surface area contributed by atoms with E-state index in [1.807, 2.05) is 0 Å². The normalized spacial score (nSPS) is 18.9. The van der Waals surface area contributed by atoms with Crippen molar-refractivity contribution in [1.29, 1.82) is 0 Å². The maximum Gasteiger partial charge on any atom is 0.171 e. The molecule has 0 aliphatic carbocycles. The second kappa shape index (κ2) is 2.64. The highest BCUT2D eigenvalue weighted by molar-refractivity contribution is 9.09. The third kappa shape index (κ3) is 3.02. The average molecular weight is 169 g/mol. The van der Waals surface area contributed by atoms with Gasteiger partial charge in [0.15, 0.2) is 5.79 Å². The predicted octanol–water partition coefficient (Wildman–Crippen LogP) is 0.736. The third-order valence-corrected chi connectivity index (χ3v) is 1.73.